The molecular weight excluding hydrogens is 254 g/mol. The SMILES string of the molecule is Cc1nn(C2CCCc3sccc32)c(N)c1Cl. The van der Waals surface area contributed by atoms with Crippen LogP contribution in [0.25, 0.3) is 0 Å². The Morgan fingerprint density at radius 2 is 2.41 bits per heavy atom. The van der Waals surface area contributed by atoms with Crippen LogP contribution in [-0.2, 0) is 6.42 Å². The average Bonchev–Trinajstić information content (AvgIpc) is 2.89. The number of rotatable bonds is 1. The maximum atomic E-state index is 6.11. The normalized spacial score (nSPS) is 19.3. The largest absolute Gasteiger partial charge is 0.383 e. The Morgan fingerprint density at radius 1 is 1.59 bits per heavy atom. The standard InChI is InChI=1S/C12H14ClN3S/c1-7-11(13)12(14)16(15-7)9-3-2-4-10-8(9)5-6-17-10/h5-6,9H,2-4,14H2,1H3. The van der Waals surface area contributed by atoms with E-state index in [0.29, 0.717) is 10.8 Å². The van der Waals surface area contributed by atoms with E-state index in [1.165, 1.54) is 23.3 Å². The Kier molecular flexibility index (Phi) is 2.64. The van der Waals surface area contributed by atoms with Gasteiger partial charge in [-0.1, -0.05) is 11.6 Å². The summed E-state index contributed by atoms with van der Waals surface area (Å²) in [6, 6.07) is 2.45. The zero-order valence-corrected chi connectivity index (χ0v) is 11.2. The van der Waals surface area contributed by atoms with Gasteiger partial charge in [-0.3, -0.25) is 0 Å². The van der Waals surface area contributed by atoms with Crippen molar-refractivity contribution in [3.05, 3.63) is 32.6 Å². The summed E-state index contributed by atoms with van der Waals surface area (Å²) in [5.41, 5.74) is 8.21. The molecule has 5 heteroatoms. The molecule has 0 fully saturated rings. The van der Waals surface area contributed by atoms with E-state index in [1.807, 2.05) is 22.9 Å². The molecule has 1 aliphatic carbocycles. The van der Waals surface area contributed by atoms with Crippen LogP contribution in [-0.4, -0.2) is 9.78 Å². The number of hydrogen-bond acceptors (Lipinski definition) is 3. The van der Waals surface area contributed by atoms with Gasteiger partial charge in [0.15, 0.2) is 0 Å². The predicted molar refractivity (Wildman–Crippen MR) is 71.8 cm³/mol. The molecule has 1 aliphatic rings. The van der Waals surface area contributed by atoms with Crippen LogP contribution in [0.15, 0.2) is 11.4 Å². The molecule has 90 valence electrons. The first-order chi connectivity index (χ1) is 8.18. The number of thiophene rings is 1. The average molecular weight is 268 g/mol. The highest BCUT2D eigenvalue weighted by Gasteiger charge is 2.26. The van der Waals surface area contributed by atoms with Crippen LogP contribution in [0, 0.1) is 6.92 Å². The lowest BCUT2D eigenvalue weighted by Gasteiger charge is -2.23. The molecule has 1 atom stereocenters. The van der Waals surface area contributed by atoms with Gasteiger partial charge < -0.3 is 5.73 Å². The Morgan fingerprint density at radius 3 is 3.12 bits per heavy atom. The van der Waals surface area contributed by atoms with Crippen LogP contribution in [0.1, 0.15) is 35.0 Å². The van der Waals surface area contributed by atoms with Crippen molar-refractivity contribution in [2.75, 3.05) is 5.73 Å². The van der Waals surface area contributed by atoms with Gasteiger partial charge in [-0.25, -0.2) is 4.68 Å². The summed E-state index contributed by atoms with van der Waals surface area (Å²) < 4.78 is 1.89. The topological polar surface area (TPSA) is 43.8 Å². The Labute approximate surface area is 109 Å². The van der Waals surface area contributed by atoms with Crippen LogP contribution in [0.4, 0.5) is 5.82 Å². The van der Waals surface area contributed by atoms with Crippen LogP contribution in [0.2, 0.25) is 5.02 Å². The van der Waals surface area contributed by atoms with Crippen molar-refractivity contribution >= 4 is 28.8 Å². The molecule has 17 heavy (non-hydrogen) atoms. The van der Waals surface area contributed by atoms with E-state index in [1.54, 1.807) is 0 Å². The molecule has 2 heterocycles. The molecule has 0 amide bonds. The molecule has 2 aromatic heterocycles. The van der Waals surface area contributed by atoms with Crippen molar-refractivity contribution in [1.29, 1.82) is 0 Å². The molecule has 0 spiro atoms. The first-order valence-corrected chi connectivity index (χ1v) is 7.00. The van der Waals surface area contributed by atoms with Crippen molar-refractivity contribution < 1.29 is 0 Å². The van der Waals surface area contributed by atoms with Crippen molar-refractivity contribution in [2.45, 2.75) is 32.2 Å². The minimum atomic E-state index is 0.260. The van der Waals surface area contributed by atoms with E-state index in [0.717, 1.165) is 12.1 Å². The van der Waals surface area contributed by atoms with E-state index >= 15 is 0 Å². The molecule has 3 rings (SSSR count). The fourth-order valence-electron chi connectivity index (χ4n) is 2.50. The number of aryl methyl sites for hydroxylation is 2. The molecule has 0 radical (unpaired) electrons. The number of fused-ring (bicyclic) bond motifs is 1. The minimum Gasteiger partial charge on any atom is -0.383 e. The lowest BCUT2D eigenvalue weighted by atomic mass is 9.94. The van der Waals surface area contributed by atoms with Gasteiger partial charge in [0.2, 0.25) is 0 Å². The summed E-state index contributed by atoms with van der Waals surface area (Å²) in [4.78, 5) is 1.46. The van der Waals surface area contributed by atoms with Gasteiger partial charge in [0, 0.05) is 4.88 Å². The van der Waals surface area contributed by atoms with Crippen molar-refractivity contribution in [3.63, 3.8) is 0 Å². The fraction of sp³-hybridized carbons (Fsp3) is 0.417. The molecule has 0 aromatic carbocycles. The molecular formula is C12H14ClN3S. The summed E-state index contributed by atoms with van der Waals surface area (Å²) in [7, 11) is 0. The lowest BCUT2D eigenvalue weighted by molar-refractivity contribution is 0.458. The van der Waals surface area contributed by atoms with Crippen LogP contribution >= 0.6 is 22.9 Å². The van der Waals surface area contributed by atoms with E-state index in [4.69, 9.17) is 17.3 Å². The van der Waals surface area contributed by atoms with Crippen LogP contribution < -0.4 is 5.73 Å². The molecule has 0 saturated carbocycles. The van der Waals surface area contributed by atoms with E-state index in [-0.39, 0.29) is 6.04 Å². The smallest absolute Gasteiger partial charge is 0.141 e. The number of halogens is 1. The predicted octanol–water partition coefficient (Wildman–Crippen LogP) is 3.41. The number of hydrogen-bond donors (Lipinski definition) is 1. The highest BCUT2D eigenvalue weighted by atomic mass is 35.5. The van der Waals surface area contributed by atoms with Gasteiger partial charge in [0.05, 0.1) is 11.7 Å². The van der Waals surface area contributed by atoms with Crippen molar-refractivity contribution in [1.82, 2.24) is 9.78 Å². The number of anilines is 1. The van der Waals surface area contributed by atoms with Gasteiger partial charge in [0.25, 0.3) is 0 Å². The first-order valence-electron chi connectivity index (χ1n) is 5.75. The first kappa shape index (κ1) is 11.1. The van der Waals surface area contributed by atoms with Gasteiger partial charge >= 0.3 is 0 Å². The second-order valence-corrected chi connectivity index (χ2v) is 5.81. The second-order valence-electron chi connectivity index (χ2n) is 4.44. The third kappa shape index (κ3) is 1.67. The van der Waals surface area contributed by atoms with E-state index in [2.05, 4.69) is 16.5 Å². The Bertz CT molecular complexity index is 558. The second kappa shape index (κ2) is 4.03. The van der Waals surface area contributed by atoms with Gasteiger partial charge in [-0.2, -0.15) is 5.10 Å². The van der Waals surface area contributed by atoms with Gasteiger partial charge in [0.1, 0.15) is 10.8 Å². The van der Waals surface area contributed by atoms with Gasteiger partial charge in [-0.05, 0) is 43.2 Å². The summed E-state index contributed by atoms with van der Waals surface area (Å²) in [6.07, 6.45) is 3.46. The number of aromatic nitrogens is 2. The lowest BCUT2D eigenvalue weighted by Crippen LogP contribution is -2.18. The minimum absolute atomic E-state index is 0.260. The quantitative estimate of drug-likeness (QED) is 0.860. The zero-order chi connectivity index (χ0) is 12.0. The fourth-order valence-corrected chi connectivity index (χ4v) is 3.60. The van der Waals surface area contributed by atoms with E-state index in [9.17, 15) is 0 Å². The third-order valence-corrected chi connectivity index (χ3v) is 4.83. The van der Waals surface area contributed by atoms with Gasteiger partial charge in [-0.15, -0.1) is 11.3 Å². The van der Waals surface area contributed by atoms with E-state index < -0.39 is 0 Å². The summed E-state index contributed by atoms with van der Waals surface area (Å²) >= 11 is 7.94. The number of nitrogens with two attached hydrogens (primary N) is 1. The van der Waals surface area contributed by atoms with Crippen LogP contribution in [0.5, 0.6) is 0 Å². The van der Waals surface area contributed by atoms with Crippen molar-refractivity contribution in [2.24, 2.45) is 0 Å². The maximum absolute atomic E-state index is 6.11. The Hall–Kier alpha value is -1.00. The summed E-state index contributed by atoms with van der Waals surface area (Å²) in [5.74, 6) is 0.591. The number of nitrogen functional groups attached to an aromatic ring is 1. The highest BCUT2D eigenvalue weighted by molar-refractivity contribution is 7.10. The molecule has 0 aliphatic heterocycles. The highest BCUT2D eigenvalue weighted by Crippen LogP contribution is 2.38. The maximum Gasteiger partial charge on any atom is 0.141 e. The van der Waals surface area contributed by atoms with Crippen LogP contribution in [0.3, 0.4) is 0 Å². The van der Waals surface area contributed by atoms with Crippen molar-refractivity contribution in [3.8, 4) is 0 Å². The summed E-state index contributed by atoms with van der Waals surface area (Å²) in [6.45, 7) is 1.90. The third-order valence-electron chi connectivity index (χ3n) is 3.36. The molecule has 3 nitrogen and oxygen atoms in total. The number of nitrogens with zero attached hydrogens (tertiary/aromatic N) is 2. The molecule has 2 aromatic rings. The molecule has 0 bridgehead atoms. The Balaban J connectivity index is 2.09. The molecule has 1 unspecified atom stereocenters. The summed E-state index contributed by atoms with van der Waals surface area (Å²) in [5, 5.41) is 7.22. The molecule has 2 N–H and O–H groups in total. The monoisotopic (exact) mass is 267 g/mol. The molecule has 0 saturated heterocycles. The zero-order valence-electron chi connectivity index (χ0n) is 9.61.